The Morgan fingerprint density at radius 2 is 2.32 bits per heavy atom. The molecule has 0 unspecified atom stereocenters. The molecule has 1 aromatic rings. The van der Waals surface area contributed by atoms with Crippen molar-refractivity contribution in [1.82, 2.24) is 20.2 Å². The van der Waals surface area contributed by atoms with Gasteiger partial charge in [-0.2, -0.15) is 0 Å². The fourth-order valence-corrected chi connectivity index (χ4v) is 2.13. The molecule has 110 valence electrons. The molecule has 7 heteroatoms. The average molecular weight is 309 g/mol. The van der Waals surface area contributed by atoms with Crippen LogP contribution in [0.2, 0.25) is 0 Å². The predicted molar refractivity (Wildman–Crippen MR) is 80.0 cm³/mol. The number of aromatic nitrogens is 2. The highest BCUT2D eigenvalue weighted by Gasteiger charge is 2.13. The largest absolute Gasteiger partial charge is 0.356 e. The highest BCUT2D eigenvalue weighted by Crippen LogP contribution is 2.07. The van der Waals surface area contributed by atoms with Crippen molar-refractivity contribution in [2.24, 2.45) is 0 Å². The molecule has 1 fully saturated rings. The van der Waals surface area contributed by atoms with Crippen molar-refractivity contribution in [3.05, 3.63) is 18.7 Å². The number of amides is 1. The lowest BCUT2D eigenvalue weighted by atomic mass is 10.1. The monoisotopic (exact) mass is 308 g/mol. The van der Waals surface area contributed by atoms with Crippen molar-refractivity contribution in [3.8, 4) is 0 Å². The summed E-state index contributed by atoms with van der Waals surface area (Å²) in [6.45, 7) is 2.60. The maximum atomic E-state index is 11.5. The number of hydrogen-bond acceptors (Lipinski definition) is 3. The number of carbonyl (C=O) groups is 1. The van der Waals surface area contributed by atoms with E-state index in [9.17, 15) is 4.79 Å². The maximum absolute atomic E-state index is 11.5. The standard InChI is InChI=1S/C12H20N4O.2ClH/c17-12(4-8-16-9-7-13-10-16)15-6-3-11-2-1-5-14-11;;/h7,9-11,14H,1-6,8H2,(H,15,17);2*1H/t11-;;/m1../s1. The van der Waals surface area contributed by atoms with Gasteiger partial charge in [0, 0.05) is 37.9 Å². The normalized spacial score (nSPS) is 17.4. The van der Waals surface area contributed by atoms with E-state index in [4.69, 9.17) is 0 Å². The van der Waals surface area contributed by atoms with E-state index >= 15 is 0 Å². The van der Waals surface area contributed by atoms with E-state index in [2.05, 4.69) is 15.6 Å². The van der Waals surface area contributed by atoms with Crippen molar-refractivity contribution in [2.45, 2.75) is 38.3 Å². The summed E-state index contributed by atoms with van der Waals surface area (Å²) < 4.78 is 1.91. The molecule has 5 nitrogen and oxygen atoms in total. The zero-order chi connectivity index (χ0) is 11.9. The molecule has 1 aliphatic rings. The Hall–Kier alpha value is -0.780. The van der Waals surface area contributed by atoms with Crippen LogP contribution in [0.15, 0.2) is 18.7 Å². The molecule has 19 heavy (non-hydrogen) atoms. The average Bonchev–Trinajstić information content (AvgIpc) is 2.99. The minimum Gasteiger partial charge on any atom is -0.356 e. The number of nitrogens with one attached hydrogen (secondary N) is 2. The fourth-order valence-electron chi connectivity index (χ4n) is 2.13. The van der Waals surface area contributed by atoms with Crippen LogP contribution in [0.1, 0.15) is 25.7 Å². The van der Waals surface area contributed by atoms with Gasteiger partial charge in [0.2, 0.25) is 5.91 Å². The second kappa shape index (κ2) is 10.1. The molecule has 0 aromatic carbocycles. The van der Waals surface area contributed by atoms with Gasteiger partial charge >= 0.3 is 0 Å². The van der Waals surface area contributed by atoms with Gasteiger partial charge in [-0.3, -0.25) is 4.79 Å². The van der Waals surface area contributed by atoms with Crippen molar-refractivity contribution in [1.29, 1.82) is 0 Å². The Bertz CT molecular complexity index is 340. The Kier molecular flexibility index (Phi) is 9.65. The smallest absolute Gasteiger partial charge is 0.221 e. The number of carbonyl (C=O) groups excluding carboxylic acids is 1. The number of rotatable bonds is 6. The van der Waals surface area contributed by atoms with Crippen LogP contribution in [0.5, 0.6) is 0 Å². The van der Waals surface area contributed by atoms with Crippen LogP contribution < -0.4 is 10.6 Å². The number of hydrogen-bond donors (Lipinski definition) is 2. The third-order valence-corrected chi connectivity index (χ3v) is 3.13. The molecule has 1 amide bonds. The molecule has 0 bridgehead atoms. The molecule has 1 aromatic heterocycles. The zero-order valence-corrected chi connectivity index (χ0v) is 12.5. The van der Waals surface area contributed by atoms with Crippen LogP contribution in [0.3, 0.4) is 0 Å². The second-order valence-electron chi connectivity index (χ2n) is 4.48. The van der Waals surface area contributed by atoms with Gasteiger partial charge in [-0.05, 0) is 25.8 Å². The molecule has 0 aliphatic carbocycles. The maximum Gasteiger partial charge on any atom is 0.221 e. The van der Waals surface area contributed by atoms with E-state index in [1.54, 1.807) is 12.5 Å². The first-order valence-corrected chi connectivity index (χ1v) is 6.30. The van der Waals surface area contributed by atoms with Crippen LogP contribution in [0.25, 0.3) is 0 Å². The van der Waals surface area contributed by atoms with E-state index in [1.165, 1.54) is 12.8 Å². The van der Waals surface area contributed by atoms with Gasteiger partial charge in [-0.25, -0.2) is 4.98 Å². The molecule has 2 heterocycles. The van der Waals surface area contributed by atoms with Crippen LogP contribution in [-0.4, -0.2) is 34.6 Å². The summed E-state index contributed by atoms with van der Waals surface area (Å²) in [4.78, 5) is 15.5. The zero-order valence-electron chi connectivity index (χ0n) is 10.9. The fraction of sp³-hybridized carbons (Fsp3) is 0.667. The molecule has 1 saturated heterocycles. The summed E-state index contributed by atoms with van der Waals surface area (Å²) in [6, 6.07) is 0.601. The molecule has 0 saturated carbocycles. The number of aryl methyl sites for hydroxylation is 1. The topological polar surface area (TPSA) is 59.0 Å². The molecule has 2 rings (SSSR count). The van der Waals surface area contributed by atoms with Crippen molar-refractivity contribution >= 4 is 30.7 Å². The van der Waals surface area contributed by atoms with E-state index in [-0.39, 0.29) is 30.7 Å². The molecule has 1 atom stereocenters. The Balaban J connectivity index is 0.00000162. The SMILES string of the molecule is Cl.Cl.O=C(CCn1ccnc1)NCC[C@H]1CCCN1. The summed E-state index contributed by atoms with van der Waals surface area (Å²) in [5, 5.41) is 6.38. The van der Waals surface area contributed by atoms with E-state index in [0.717, 1.165) is 19.5 Å². The van der Waals surface area contributed by atoms with Gasteiger partial charge in [0.05, 0.1) is 6.33 Å². The van der Waals surface area contributed by atoms with E-state index in [1.807, 2.05) is 10.8 Å². The lowest BCUT2D eigenvalue weighted by molar-refractivity contribution is -0.121. The van der Waals surface area contributed by atoms with Crippen LogP contribution >= 0.6 is 24.8 Å². The summed E-state index contributed by atoms with van der Waals surface area (Å²) in [7, 11) is 0. The van der Waals surface area contributed by atoms with Crippen LogP contribution in [0.4, 0.5) is 0 Å². The first-order valence-electron chi connectivity index (χ1n) is 6.30. The van der Waals surface area contributed by atoms with Crippen LogP contribution in [0, 0.1) is 0 Å². The number of nitrogens with zero attached hydrogens (tertiary/aromatic N) is 2. The minimum absolute atomic E-state index is 0. The van der Waals surface area contributed by atoms with Crippen molar-refractivity contribution in [3.63, 3.8) is 0 Å². The Morgan fingerprint density at radius 3 is 2.95 bits per heavy atom. The van der Waals surface area contributed by atoms with Gasteiger partial charge in [-0.1, -0.05) is 0 Å². The van der Waals surface area contributed by atoms with Gasteiger partial charge < -0.3 is 15.2 Å². The van der Waals surface area contributed by atoms with Gasteiger partial charge in [0.1, 0.15) is 0 Å². The molecular weight excluding hydrogens is 287 g/mol. The molecule has 0 spiro atoms. The first kappa shape index (κ1) is 18.2. The summed E-state index contributed by atoms with van der Waals surface area (Å²) in [5.41, 5.74) is 0. The summed E-state index contributed by atoms with van der Waals surface area (Å²) in [6.07, 6.45) is 9.39. The predicted octanol–water partition coefficient (Wildman–Crippen LogP) is 1.38. The molecule has 0 radical (unpaired) electrons. The lowest BCUT2D eigenvalue weighted by Gasteiger charge is -2.10. The van der Waals surface area contributed by atoms with Crippen molar-refractivity contribution in [2.75, 3.05) is 13.1 Å². The third-order valence-electron chi connectivity index (χ3n) is 3.13. The third kappa shape index (κ3) is 6.80. The highest BCUT2D eigenvalue weighted by molar-refractivity contribution is 5.85. The number of halogens is 2. The molecule has 2 N–H and O–H groups in total. The van der Waals surface area contributed by atoms with Crippen LogP contribution in [-0.2, 0) is 11.3 Å². The second-order valence-corrected chi connectivity index (χ2v) is 4.48. The van der Waals surface area contributed by atoms with E-state index in [0.29, 0.717) is 19.0 Å². The summed E-state index contributed by atoms with van der Waals surface area (Å²) in [5.74, 6) is 0.122. The first-order chi connectivity index (χ1) is 8.34. The summed E-state index contributed by atoms with van der Waals surface area (Å²) >= 11 is 0. The number of imidazole rings is 1. The Morgan fingerprint density at radius 1 is 1.47 bits per heavy atom. The molecular formula is C12H22Cl2N4O. The quantitative estimate of drug-likeness (QED) is 0.834. The van der Waals surface area contributed by atoms with Gasteiger partial charge in [-0.15, -0.1) is 24.8 Å². The van der Waals surface area contributed by atoms with E-state index < -0.39 is 0 Å². The minimum atomic E-state index is 0. The van der Waals surface area contributed by atoms with Gasteiger partial charge in [0.15, 0.2) is 0 Å². The molecule has 1 aliphatic heterocycles. The van der Waals surface area contributed by atoms with Crippen molar-refractivity contribution < 1.29 is 4.79 Å². The highest BCUT2D eigenvalue weighted by atomic mass is 35.5. The Labute approximate surface area is 126 Å². The lowest BCUT2D eigenvalue weighted by Crippen LogP contribution is -2.30. The van der Waals surface area contributed by atoms with Gasteiger partial charge in [0.25, 0.3) is 0 Å².